The molecule has 0 aliphatic rings. The second-order valence-corrected chi connectivity index (χ2v) is 13.0. The molecule has 0 spiro atoms. The Labute approximate surface area is 291 Å². The van der Waals surface area contributed by atoms with Crippen molar-refractivity contribution in [1.29, 1.82) is 0 Å². The zero-order valence-electron chi connectivity index (χ0n) is 27.1. The molecule has 4 heterocycles. The van der Waals surface area contributed by atoms with E-state index in [1.165, 1.54) is 0 Å². The second kappa shape index (κ2) is 10.4. The van der Waals surface area contributed by atoms with Crippen molar-refractivity contribution in [3.63, 3.8) is 0 Å². The van der Waals surface area contributed by atoms with Gasteiger partial charge in [-0.2, -0.15) is 0 Å². The molecule has 51 heavy (non-hydrogen) atoms. The number of nitrogens with zero attached hydrogens (tertiary/aromatic N) is 3. The summed E-state index contributed by atoms with van der Waals surface area (Å²) in [6.45, 7) is 7.66. The number of aromatic nitrogens is 2. The van der Waals surface area contributed by atoms with Crippen LogP contribution < -0.4 is 0 Å². The third-order valence-electron chi connectivity index (χ3n) is 10.2. The van der Waals surface area contributed by atoms with E-state index < -0.39 is 0 Å². The van der Waals surface area contributed by atoms with Crippen LogP contribution in [0, 0.1) is 6.57 Å². The molecule has 0 radical (unpaired) electrons. The SMILES string of the molecule is [C-]#[N+]c1ccc2c(c1)c1cc(-c3ccc(-c4nc5cc6c(cc5c5oc7ccccc7c45)oc4ccccc46)cc3)ccc1n2-c1ccccc1. The number of para-hydroxylation sites is 3. The summed E-state index contributed by atoms with van der Waals surface area (Å²) in [4.78, 5) is 9.06. The standard InChI is InChI=1S/C46H25N3O2/c1-47-30-20-22-40-35(24-30)34-23-29(19-21-39(34)49(40)31-9-3-2-4-10-31)27-15-17-28(18-16-27)45-44-33-12-6-8-14-42(33)51-46(44)37-26-43-36(25-38(37)48-45)32-11-5-7-13-41(32)50-43/h2-26H. The van der Waals surface area contributed by atoms with E-state index in [1.54, 1.807) is 0 Å². The molecular formula is C46H25N3O2. The summed E-state index contributed by atoms with van der Waals surface area (Å²) in [5.74, 6) is 0. The number of rotatable bonds is 3. The van der Waals surface area contributed by atoms with E-state index in [4.69, 9.17) is 20.4 Å². The van der Waals surface area contributed by atoms with Crippen molar-refractivity contribution in [3.05, 3.63) is 163 Å². The van der Waals surface area contributed by atoms with Crippen molar-refractivity contribution >= 4 is 82.3 Å². The predicted molar refractivity (Wildman–Crippen MR) is 208 cm³/mol. The molecule has 4 aromatic heterocycles. The zero-order chi connectivity index (χ0) is 33.6. The predicted octanol–water partition coefficient (Wildman–Crippen LogP) is 13.0. The average molecular weight is 652 g/mol. The number of hydrogen-bond donors (Lipinski definition) is 0. The van der Waals surface area contributed by atoms with Crippen LogP contribution in [0.4, 0.5) is 5.69 Å². The number of benzene rings is 7. The number of furan rings is 2. The van der Waals surface area contributed by atoms with Crippen molar-refractivity contribution in [2.24, 2.45) is 0 Å². The van der Waals surface area contributed by atoms with Crippen LogP contribution >= 0.6 is 0 Å². The maximum absolute atomic E-state index is 7.66. The van der Waals surface area contributed by atoms with E-state index in [-0.39, 0.29) is 0 Å². The fourth-order valence-corrected chi connectivity index (χ4v) is 7.83. The lowest BCUT2D eigenvalue weighted by Gasteiger charge is -2.09. The Morgan fingerprint density at radius 2 is 1.16 bits per heavy atom. The van der Waals surface area contributed by atoms with Crippen LogP contribution in [0.2, 0.25) is 0 Å². The van der Waals surface area contributed by atoms with Crippen molar-refractivity contribution in [3.8, 4) is 28.1 Å². The third kappa shape index (κ3) is 4.05. The first-order chi connectivity index (χ1) is 25.2. The minimum Gasteiger partial charge on any atom is -0.456 e. The highest BCUT2D eigenvalue weighted by Crippen LogP contribution is 2.42. The highest BCUT2D eigenvalue weighted by molar-refractivity contribution is 6.22. The second-order valence-electron chi connectivity index (χ2n) is 13.0. The Morgan fingerprint density at radius 1 is 0.490 bits per heavy atom. The molecule has 0 atom stereocenters. The number of pyridine rings is 1. The quantitative estimate of drug-likeness (QED) is 0.179. The van der Waals surface area contributed by atoms with Crippen molar-refractivity contribution in [1.82, 2.24) is 9.55 Å². The zero-order valence-corrected chi connectivity index (χ0v) is 27.1. The summed E-state index contributed by atoms with van der Waals surface area (Å²) in [7, 11) is 0. The van der Waals surface area contributed by atoms with Gasteiger partial charge < -0.3 is 13.4 Å². The van der Waals surface area contributed by atoms with Crippen LogP contribution in [0.25, 0.3) is 110 Å². The van der Waals surface area contributed by atoms with Crippen molar-refractivity contribution < 1.29 is 8.83 Å². The maximum atomic E-state index is 7.66. The van der Waals surface area contributed by atoms with Gasteiger partial charge in [-0.25, -0.2) is 9.83 Å². The van der Waals surface area contributed by atoms with Crippen LogP contribution in [0.3, 0.4) is 0 Å². The van der Waals surface area contributed by atoms with E-state index in [0.717, 1.165) is 105 Å². The topological polar surface area (TPSA) is 48.5 Å². The summed E-state index contributed by atoms with van der Waals surface area (Å²) in [6.07, 6.45) is 0. The lowest BCUT2D eigenvalue weighted by Crippen LogP contribution is -1.92. The monoisotopic (exact) mass is 651 g/mol. The molecule has 11 aromatic rings. The van der Waals surface area contributed by atoms with E-state index in [1.807, 2.05) is 54.6 Å². The van der Waals surface area contributed by atoms with Crippen molar-refractivity contribution in [2.45, 2.75) is 0 Å². The molecule has 7 aromatic carbocycles. The summed E-state index contributed by atoms with van der Waals surface area (Å²) < 4.78 is 15.1. The first-order valence-electron chi connectivity index (χ1n) is 16.9. The fraction of sp³-hybridized carbons (Fsp3) is 0. The molecule has 0 fully saturated rings. The Hall–Kier alpha value is -7.16. The molecule has 0 amide bonds. The fourth-order valence-electron chi connectivity index (χ4n) is 7.83. The minimum atomic E-state index is 0.632. The number of hydrogen-bond acceptors (Lipinski definition) is 3. The summed E-state index contributed by atoms with van der Waals surface area (Å²) in [6, 6.07) is 52.1. The minimum absolute atomic E-state index is 0.632. The van der Waals surface area contributed by atoms with Crippen LogP contribution in [0.15, 0.2) is 160 Å². The van der Waals surface area contributed by atoms with E-state index >= 15 is 0 Å². The third-order valence-corrected chi connectivity index (χ3v) is 10.2. The highest BCUT2D eigenvalue weighted by atomic mass is 16.3. The first kappa shape index (κ1) is 27.8. The van der Waals surface area contributed by atoms with Crippen LogP contribution in [0.5, 0.6) is 0 Å². The largest absolute Gasteiger partial charge is 0.456 e. The average Bonchev–Trinajstić information content (AvgIpc) is 3.86. The molecule has 5 heteroatoms. The van der Waals surface area contributed by atoms with Crippen LogP contribution in [-0.4, -0.2) is 9.55 Å². The summed E-state index contributed by atoms with van der Waals surface area (Å²) in [5.41, 5.74) is 12.2. The van der Waals surface area contributed by atoms with Gasteiger partial charge in [0.25, 0.3) is 0 Å². The first-order valence-corrected chi connectivity index (χ1v) is 16.9. The Balaban J connectivity index is 1.09. The van der Waals surface area contributed by atoms with E-state index in [0.29, 0.717) is 5.69 Å². The van der Waals surface area contributed by atoms with Gasteiger partial charge in [-0.05, 0) is 77.2 Å². The summed E-state index contributed by atoms with van der Waals surface area (Å²) >= 11 is 0. The normalized spacial score (nSPS) is 11.9. The van der Waals surface area contributed by atoms with E-state index in [9.17, 15) is 0 Å². The van der Waals surface area contributed by atoms with Gasteiger partial charge in [-0.3, -0.25) is 0 Å². The van der Waals surface area contributed by atoms with Gasteiger partial charge in [0.1, 0.15) is 22.3 Å². The lowest BCUT2D eigenvalue weighted by atomic mass is 9.98. The van der Waals surface area contributed by atoms with E-state index in [2.05, 4.69) is 106 Å². The van der Waals surface area contributed by atoms with Crippen LogP contribution in [0.1, 0.15) is 0 Å². The van der Waals surface area contributed by atoms with Gasteiger partial charge >= 0.3 is 0 Å². The van der Waals surface area contributed by atoms with Crippen LogP contribution in [-0.2, 0) is 0 Å². The molecule has 0 aliphatic heterocycles. The Morgan fingerprint density at radius 3 is 1.96 bits per heavy atom. The molecule has 5 nitrogen and oxygen atoms in total. The molecule has 0 bridgehead atoms. The van der Waals surface area contributed by atoms with Gasteiger partial charge in [-0.15, -0.1) is 0 Å². The lowest BCUT2D eigenvalue weighted by molar-refractivity contribution is 0.666. The van der Waals surface area contributed by atoms with Gasteiger partial charge in [0, 0.05) is 38.2 Å². The molecule has 0 saturated heterocycles. The molecule has 0 unspecified atom stereocenters. The number of fused-ring (bicyclic) bond motifs is 11. The molecular weight excluding hydrogens is 627 g/mol. The highest BCUT2D eigenvalue weighted by Gasteiger charge is 2.20. The Kier molecular flexibility index (Phi) is 5.67. The van der Waals surface area contributed by atoms with Gasteiger partial charge in [0.05, 0.1) is 34.2 Å². The van der Waals surface area contributed by atoms with Crippen molar-refractivity contribution in [2.75, 3.05) is 0 Å². The van der Waals surface area contributed by atoms with Gasteiger partial charge in [0.2, 0.25) is 0 Å². The molecule has 0 N–H and O–H groups in total. The smallest absolute Gasteiger partial charge is 0.188 e. The molecule has 0 aliphatic carbocycles. The molecule has 0 saturated carbocycles. The molecule has 11 rings (SSSR count). The molecule has 236 valence electrons. The van der Waals surface area contributed by atoms with Gasteiger partial charge in [-0.1, -0.05) is 91.0 Å². The summed E-state index contributed by atoms with van der Waals surface area (Å²) in [5, 5.41) is 7.24. The maximum Gasteiger partial charge on any atom is 0.188 e. The van der Waals surface area contributed by atoms with Gasteiger partial charge in [0.15, 0.2) is 5.69 Å². The Bertz CT molecular complexity index is 3250.